The molecule has 0 saturated carbocycles. The molecule has 0 unspecified atom stereocenters. The first-order chi connectivity index (χ1) is 50.4. The molecule has 2 fully saturated rings. The third kappa shape index (κ3) is 17.1. The first-order valence-corrected chi connectivity index (χ1v) is 33.3. The van der Waals surface area contributed by atoms with Gasteiger partial charge in [0.15, 0.2) is 54.1 Å². The van der Waals surface area contributed by atoms with Crippen LogP contribution in [0.5, 0.6) is 28.7 Å². The summed E-state index contributed by atoms with van der Waals surface area (Å²) < 4.78 is 83.8. The Balaban J connectivity index is 0.908. The topological polar surface area (TPSA) is 250 Å². The number of carbonyl (C=O) groups is 4. The van der Waals surface area contributed by atoms with Gasteiger partial charge in [-0.05, 0) is 95.9 Å². The number of aliphatic hydroxyl groups excluding tert-OH is 2. The van der Waals surface area contributed by atoms with Gasteiger partial charge in [0.2, 0.25) is 17.5 Å². The molecule has 2 saturated heterocycles. The van der Waals surface area contributed by atoms with Crippen LogP contribution in [0.15, 0.2) is 282 Å². The number of fused-ring (bicyclic) bond motifs is 1. The second-order valence-electron chi connectivity index (χ2n) is 24.3. The number of hydrogen-bond acceptors (Lipinski definition) is 20. The van der Waals surface area contributed by atoms with Crippen LogP contribution >= 0.6 is 0 Å². The average Bonchev–Trinajstić information content (AvgIpc) is 0.754. The minimum absolute atomic E-state index is 0.0154. The number of esters is 4. The summed E-state index contributed by atoms with van der Waals surface area (Å²) >= 11 is 0. The van der Waals surface area contributed by atoms with E-state index in [4.69, 9.17) is 61.3 Å². The highest BCUT2D eigenvalue weighted by atomic mass is 16.8. The van der Waals surface area contributed by atoms with Crippen molar-refractivity contribution in [1.82, 2.24) is 0 Å². The molecule has 11 aromatic rings. The molecule has 2 N–H and O–H groups in total. The first-order valence-electron chi connectivity index (χ1n) is 33.3. The van der Waals surface area contributed by atoms with Crippen LogP contribution < -0.4 is 29.1 Å². The van der Waals surface area contributed by atoms with Crippen molar-refractivity contribution in [2.24, 2.45) is 0 Å². The lowest BCUT2D eigenvalue weighted by molar-refractivity contribution is -0.316. The zero-order valence-electron chi connectivity index (χ0n) is 55.5. The van der Waals surface area contributed by atoms with Crippen LogP contribution in [0.1, 0.15) is 70.6 Å². The maximum atomic E-state index is 16.1. The molecule has 522 valence electrons. The minimum atomic E-state index is -2.12. The third-order valence-electron chi connectivity index (χ3n) is 17.1. The summed E-state index contributed by atoms with van der Waals surface area (Å²) in [6.07, 6.45) is -17.6. The molecule has 0 amide bonds. The lowest BCUT2D eigenvalue weighted by atomic mass is 9.97. The Morgan fingerprint density at radius 1 is 0.398 bits per heavy atom. The van der Waals surface area contributed by atoms with Crippen LogP contribution in [-0.4, -0.2) is 102 Å². The molecule has 0 bridgehead atoms. The first kappa shape index (κ1) is 69.6. The van der Waals surface area contributed by atoms with E-state index in [0.717, 1.165) is 22.3 Å². The fourth-order valence-corrected chi connectivity index (χ4v) is 11.7. The van der Waals surface area contributed by atoms with Crippen molar-refractivity contribution in [2.45, 2.75) is 94.8 Å². The molecule has 2 aliphatic heterocycles. The van der Waals surface area contributed by atoms with Crippen LogP contribution in [0.3, 0.4) is 0 Å². The third-order valence-corrected chi connectivity index (χ3v) is 17.1. The van der Waals surface area contributed by atoms with Gasteiger partial charge in [-0.3, -0.25) is 4.79 Å². The van der Waals surface area contributed by atoms with Crippen LogP contribution in [0.4, 0.5) is 0 Å². The summed E-state index contributed by atoms with van der Waals surface area (Å²) in [5.74, 6) is -3.59. The van der Waals surface area contributed by atoms with Gasteiger partial charge in [0, 0.05) is 17.7 Å². The van der Waals surface area contributed by atoms with Crippen molar-refractivity contribution >= 4 is 34.8 Å². The molecule has 103 heavy (non-hydrogen) atoms. The Labute approximate surface area is 591 Å². The molecule has 0 spiro atoms. The summed E-state index contributed by atoms with van der Waals surface area (Å²) in [6, 6.07) is 77.4. The maximum absolute atomic E-state index is 16.1. The SMILES string of the molecule is C[C@@H]1O[C@@H](OC[C@H]2O[C@@H](Oc3c(-c4ccc(OCc5ccccc5)c(OCc5ccccc5)c4)oc4cc(OCc5ccccc5)cc(OCc5ccccc5)c4c3=O)[C@H](O)[C@@H](OC(=O)c3ccccc3)[C@@H]2O)[C@H](OC(=O)c2ccccc2)[C@H](OC(=O)c2ccccc2)[C@H]1OC(=O)c1ccccc1. The second-order valence-corrected chi connectivity index (χ2v) is 24.3. The molecule has 13 rings (SSSR count). The summed E-state index contributed by atoms with van der Waals surface area (Å²) in [5, 5.41) is 25.1. The van der Waals surface area contributed by atoms with Crippen LogP contribution in [0, 0.1) is 0 Å². The zero-order chi connectivity index (χ0) is 71.0. The van der Waals surface area contributed by atoms with Crippen molar-refractivity contribution in [3.8, 4) is 40.1 Å². The van der Waals surface area contributed by atoms with Crippen LogP contribution in [0.2, 0.25) is 0 Å². The molecule has 20 heteroatoms. The van der Waals surface area contributed by atoms with E-state index in [-0.39, 0.29) is 88.2 Å². The average molecular weight is 1390 g/mol. The molecule has 0 radical (unpaired) electrons. The largest absolute Gasteiger partial charge is 0.489 e. The van der Waals surface area contributed by atoms with E-state index in [2.05, 4.69) is 0 Å². The Hall–Kier alpha value is -11.9. The van der Waals surface area contributed by atoms with Gasteiger partial charge in [-0.2, -0.15) is 0 Å². The molecular formula is C83H70O20. The smallest absolute Gasteiger partial charge is 0.338 e. The molecule has 20 nitrogen and oxygen atoms in total. The van der Waals surface area contributed by atoms with Crippen molar-refractivity contribution in [3.05, 3.63) is 328 Å². The predicted molar refractivity (Wildman–Crippen MR) is 375 cm³/mol. The summed E-state index contributed by atoms with van der Waals surface area (Å²) in [4.78, 5) is 72.9. The standard InChI is InChI=1S/C83H70O20/c1-52-72(99-78(87)57-34-18-6-19-35-57)76(101-80(89)59-38-22-8-23-39-59)77(102-81(90)60-40-24-9-25-41-60)83(96-52)95-51-67-69(84)74(100-79(88)58-36-20-7-21-37-58)71(86)82(98-67)103-75-70(85)68-65(94-50-56-32-16-5-17-33-56)45-62(91-47-53-26-10-2-11-27-53)46-66(68)97-73(75)61-42-43-63(92-48-54-28-12-3-13-29-54)64(44-61)93-49-55-30-14-4-15-31-55/h2-46,52,67,69,71-72,74,76-77,82-84,86H,47-51H2,1H3/t52-,67+,69+,71+,72-,74-,76+,77+,82-,83+/m0/s1. The number of ether oxygens (including phenoxy) is 12. The predicted octanol–water partition coefficient (Wildman–Crippen LogP) is 13.3. The Morgan fingerprint density at radius 2 is 0.806 bits per heavy atom. The van der Waals surface area contributed by atoms with Gasteiger partial charge >= 0.3 is 23.9 Å². The van der Waals surface area contributed by atoms with Crippen molar-refractivity contribution in [3.63, 3.8) is 0 Å². The van der Waals surface area contributed by atoms with Crippen molar-refractivity contribution < 1.29 is 90.7 Å². The van der Waals surface area contributed by atoms with Crippen LogP contribution in [0.25, 0.3) is 22.3 Å². The molecule has 10 aromatic carbocycles. The quantitative estimate of drug-likeness (QED) is 0.0378. The summed E-state index contributed by atoms with van der Waals surface area (Å²) in [7, 11) is 0. The van der Waals surface area contributed by atoms with E-state index >= 15 is 4.79 Å². The Bertz CT molecular complexity index is 4710. The fourth-order valence-electron chi connectivity index (χ4n) is 11.7. The number of benzene rings is 10. The maximum Gasteiger partial charge on any atom is 0.338 e. The highest BCUT2D eigenvalue weighted by molar-refractivity contribution is 5.92. The van der Waals surface area contributed by atoms with E-state index in [1.54, 1.807) is 103 Å². The van der Waals surface area contributed by atoms with E-state index in [9.17, 15) is 29.4 Å². The van der Waals surface area contributed by atoms with Gasteiger partial charge in [-0.1, -0.05) is 194 Å². The minimum Gasteiger partial charge on any atom is -0.489 e. The van der Waals surface area contributed by atoms with Crippen LogP contribution in [-0.2, 0) is 59.6 Å². The van der Waals surface area contributed by atoms with Crippen molar-refractivity contribution in [1.29, 1.82) is 0 Å². The Kier molecular flexibility index (Phi) is 22.3. The molecule has 2 aliphatic rings. The Morgan fingerprint density at radius 3 is 1.28 bits per heavy atom. The normalized spacial score (nSPS) is 20.0. The van der Waals surface area contributed by atoms with Gasteiger partial charge < -0.3 is 71.5 Å². The van der Waals surface area contributed by atoms with Gasteiger partial charge in [0.1, 0.15) is 61.1 Å². The van der Waals surface area contributed by atoms with Crippen molar-refractivity contribution in [2.75, 3.05) is 6.61 Å². The lowest BCUT2D eigenvalue weighted by Gasteiger charge is -2.45. The summed E-state index contributed by atoms with van der Waals surface area (Å²) in [6.45, 7) is 1.09. The van der Waals surface area contributed by atoms with E-state index in [1.165, 1.54) is 55.5 Å². The van der Waals surface area contributed by atoms with Gasteiger partial charge in [0.25, 0.3) is 0 Å². The highest BCUT2D eigenvalue weighted by Crippen LogP contribution is 2.42. The second kappa shape index (κ2) is 33.0. The van der Waals surface area contributed by atoms with E-state index < -0.39 is 103 Å². The fraction of sp³-hybridized carbons (Fsp3) is 0.193. The molecule has 10 atom stereocenters. The van der Waals surface area contributed by atoms with Gasteiger partial charge in [-0.15, -0.1) is 0 Å². The monoisotopic (exact) mass is 1390 g/mol. The number of rotatable bonds is 26. The zero-order valence-corrected chi connectivity index (χ0v) is 55.5. The highest BCUT2D eigenvalue weighted by Gasteiger charge is 2.54. The number of carbonyl (C=O) groups excluding carboxylic acids is 4. The summed E-state index contributed by atoms with van der Waals surface area (Å²) in [5.41, 5.74) is 2.99. The molecule has 1 aromatic heterocycles. The number of aliphatic hydroxyl groups is 2. The number of hydrogen-bond donors (Lipinski definition) is 2. The molecular weight excluding hydrogens is 1320 g/mol. The van der Waals surface area contributed by atoms with E-state index in [1.807, 2.05) is 121 Å². The van der Waals surface area contributed by atoms with E-state index in [0.29, 0.717) is 5.75 Å². The van der Waals surface area contributed by atoms with Gasteiger partial charge in [0.05, 0.1) is 35.0 Å². The van der Waals surface area contributed by atoms with Gasteiger partial charge in [-0.25, -0.2) is 19.2 Å². The molecule has 0 aliphatic carbocycles. The lowest BCUT2D eigenvalue weighted by Crippen LogP contribution is -2.63. The molecule has 3 heterocycles.